The molecule has 0 radical (unpaired) electrons. The SMILES string of the molecule is CN1CCC(Oc2ccc(NC(=O)NCc3ccccc3)cn2)C1. The summed E-state index contributed by atoms with van der Waals surface area (Å²) in [6.45, 7) is 2.45. The van der Waals surface area contributed by atoms with Gasteiger partial charge in [0.2, 0.25) is 5.88 Å². The summed E-state index contributed by atoms with van der Waals surface area (Å²) in [6.07, 6.45) is 2.81. The Morgan fingerprint density at radius 3 is 2.79 bits per heavy atom. The molecule has 0 saturated carbocycles. The van der Waals surface area contributed by atoms with Gasteiger partial charge in [-0.15, -0.1) is 0 Å². The molecular weight excluding hydrogens is 304 g/mol. The van der Waals surface area contributed by atoms with Crippen LogP contribution in [0, 0.1) is 0 Å². The van der Waals surface area contributed by atoms with Crippen LogP contribution < -0.4 is 15.4 Å². The molecule has 0 aliphatic carbocycles. The largest absolute Gasteiger partial charge is 0.473 e. The fraction of sp³-hybridized carbons (Fsp3) is 0.333. The molecule has 1 unspecified atom stereocenters. The molecule has 126 valence electrons. The number of urea groups is 1. The number of likely N-dealkylation sites (N-methyl/N-ethyl adjacent to an activating group) is 1. The van der Waals surface area contributed by atoms with Crippen molar-refractivity contribution in [3.8, 4) is 5.88 Å². The van der Waals surface area contributed by atoms with E-state index in [1.807, 2.05) is 30.3 Å². The second-order valence-corrected chi connectivity index (χ2v) is 5.97. The van der Waals surface area contributed by atoms with Gasteiger partial charge in [-0.05, 0) is 25.1 Å². The summed E-state index contributed by atoms with van der Waals surface area (Å²) in [4.78, 5) is 18.4. The van der Waals surface area contributed by atoms with Gasteiger partial charge in [-0.25, -0.2) is 9.78 Å². The number of hydrogen-bond acceptors (Lipinski definition) is 4. The van der Waals surface area contributed by atoms with Crippen LogP contribution in [0.1, 0.15) is 12.0 Å². The van der Waals surface area contributed by atoms with Crippen molar-refractivity contribution in [3.63, 3.8) is 0 Å². The van der Waals surface area contributed by atoms with E-state index in [9.17, 15) is 4.79 Å². The molecule has 1 fully saturated rings. The molecule has 1 aromatic heterocycles. The van der Waals surface area contributed by atoms with Crippen LogP contribution in [0.25, 0.3) is 0 Å². The highest BCUT2D eigenvalue weighted by Crippen LogP contribution is 2.17. The van der Waals surface area contributed by atoms with Gasteiger partial charge in [0, 0.05) is 25.7 Å². The molecule has 24 heavy (non-hydrogen) atoms. The molecule has 2 amide bonds. The van der Waals surface area contributed by atoms with E-state index in [1.54, 1.807) is 18.3 Å². The fourth-order valence-electron chi connectivity index (χ4n) is 2.64. The molecule has 1 aromatic carbocycles. The number of carbonyl (C=O) groups is 1. The number of pyridine rings is 1. The average Bonchev–Trinajstić information content (AvgIpc) is 3.01. The Labute approximate surface area is 141 Å². The minimum atomic E-state index is -0.258. The highest BCUT2D eigenvalue weighted by atomic mass is 16.5. The second-order valence-electron chi connectivity index (χ2n) is 5.97. The van der Waals surface area contributed by atoms with Crippen molar-refractivity contribution in [1.29, 1.82) is 0 Å². The van der Waals surface area contributed by atoms with Gasteiger partial charge in [0.05, 0.1) is 11.9 Å². The maximum atomic E-state index is 11.9. The number of nitrogens with zero attached hydrogens (tertiary/aromatic N) is 2. The average molecular weight is 326 g/mol. The molecule has 2 N–H and O–H groups in total. The summed E-state index contributed by atoms with van der Waals surface area (Å²) in [5, 5.41) is 5.57. The zero-order valence-electron chi connectivity index (χ0n) is 13.7. The van der Waals surface area contributed by atoms with E-state index in [0.717, 1.165) is 25.1 Å². The van der Waals surface area contributed by atoms with Crippen LogP contribution >= 0.6 is 0 Å². The van der Waals surface area contributed by atoms with Gasteiger partial charge in [-0.2, -0.15) is 0 Å². The second kappa shape index (κ2) is 7.79. The number of rotatable bonds is 5. The van der Waals surface area contributed by atoms with Gasteiger partial charge in [-0.1, -0.05) is 30.3 Å². The van der Waals surface area contributed by atoms with Gasteiger partial charge in [0.25, 0.3) is 0 Å². The van der Waals surface area contributed by atoms with E-state index in [-0.39, 0.29) is 12.1 Å². The van der Waals surface area contributed by atoms with E-state index in [1.165, 1.54) is 0 Å². The van der Waals surface area contributed by atoms with Crippen LogP contribution in [0.4, 0.5) is 10.5 Å². The van der Waals surface area contributed by atoms with E-state index in [0.29, 0.717) is 18.1 Å². The fourth-order valence-corrected chi connectivity index (χ4v) is 2.64. The summed E-state index contributed by atoms with van der Waals surface area (Å²) in [5.74, 6) is 0.588. The molecule has 1 saturated heterocycles. The number of amides is 2. The summed E-state index contributed by atoms with van der Waals surface area (Å²) in [6, 6.07) is 13.1. The summed E-state index contributed by atoms with van der Waals surface area (Å²) in [7, 11) is 2.08. The minimum Gasteiger partial charge on any atom is -0.473 e. The monoisotopic (exact) mass is 326 g/mol. The van der Waals surface area contributed by atoms with Gasteiger partial charge in [-0.3, -0.25) is 0 Å². The van der Waals surface area contributed by atoms with Crippen molar-refractivity contribution in [1.82, 2.24) is 15.2 Å². The van der Waals surface area contributed by atoms with Crippen LogP contribution in [-0.4, -0.2) is 42.2 Å². The number of aromatic nitrogens is 1. The lowest BCUT2D eigenvalue weighted by Crippen LogP contribution is -2.28. The highest BCUT2D eigenvalue weighted by molar-refractivity contribution is 5.88. The lowest BCUT2D eigenvalue weighted by atomic mass is 10.2. The first-order valence-electron chi connectivity index (χ1n) is 8.09. The molecule has 1 aliphatic rings. The van der Waals surface area contributed by atoms with E-state index >= 15 is 0 Å². The number of carbonyl (C=O) groups excluding carboxylic acids is 1. The third kappa shape index (κ3) is 4.70. The van der Waals surface area contributed by atoms with Crippen molar-refractivity contribution in [2.24, 2.45) is 0 Å². The van der Waals surface area contributed by atoms with Crippen LogP contribution in [0.15, 0.2) is 48.7 Å². The lowest BCUT2D eigenvalue weighted by molar-refractivity contribution is 0.200. The Balaban J connectivity index is 1.46. The molecule has 6 heteroatoms. The predicted octanol–water partition coefficient (Wildman–Crippen LogP) is 2.49. The van der Waals surface area contributed by atoms with Gasteiger partial charge in [0.15, 0.2) is 0 Å². The van der Waals surface area contributed by atoms with Gasteiger partial charge >= 0.3 is 6.03 Å². The topological polar surface area (TPSA) is 66.5 Å². The number of anilines is 1. The third-order valence-corrected chi connectivity index (χ3v) is 3.93. The first-order chi connectivity index (χ1) is 11.7. The molecule has 1 aliphatic heterocycles. The first kappa shape index (κ1) is 16.3. The molecule has 2 heterocycles. The molecule has 0 bridgehead atoms. The number of nitrogens with one attached hydrogen (secondary N) is 2. The Morgan fingerprint density at radius 1 is 1.29 bits per heavy atom. The zero-order chi connectivity index (χ0) is 16.8. The van der Waals surface area contributed by atoms with Crippen molar-refractivity contribution in [2.45, 2.75) is 19.1 Å². The third-order valence-electron chi connectivity index (χ3n) is 3.93. The Bertz CT molecular complexity index is 660. The van der Waals surface area contributed by atoms with Crippen molar-refractivity contribution in [3.05, 3.63) is 54.2 Å². The van der Waals surface area contributed by atoms with Crippen LogP contribution in [-0.2, 0) is 6.54 Å². The van der Waals surface area contributed by atoms with Crippen molar-refractivity contribution < 1.29 is 9.53 Å². The smallest absolute Gasteiger partial charge is 0.319 e. The zero-order valence-corrected chi connectivity index (χ0v) is 13.7. The minimum absolute atomic E-state index is 0.190. The summed E-state index contributed by atoms with van der Waals surface area (Å²) < 4.78 is 5.83. The molecular formula is C18H22N4O2. The lowest BCUT2D eigenvalue weighted by Gasteiger charge is -2.13. The Morgan fingerprint density at radius 2 is 2.12 bits per heavy atom. The summed E-state index contributed by atoms with van der Waals surface area (Å²) >= 11 is 0. The number of ether oxygens (including phenoxy) is 1. The van der Waals surface area contributed by atoms with Crippen molar-refractivity contribution in [2.75, 3.05) is 25.5 Å². The predicted molar refractivity (Wildman–Crippen MR) is 93.1 cm³/mol. The van der Waals surface area contributed by atoms with Gasteiger partial charge in [0.1, 0.15) is 6.10 Å². The number of likely N-dealkylation sites (tertiary alicyclic amines) is 1. The molecule has 1 atom stereocenters. The van der Waals surface area contributed by atoms with Crippen LogP contribution in [0.3, 0.4) is 0 Å². The summed E-state index contributed by atoms with van der Waals surface area (Å²) in [5.41, 5.74) is 1.69. The van der Waals surface area contributed by atoms with Crippen LogP contribution in [0.5, 0.6) is 5.88 Å². The van der Waals surface area contributed by atoms with E-state index in [2.05, 4.69) is 27.6 Å². The Kier molecular flexibility index (Phi) is 5.28. The Hall–Kier alpha value is -2.60. The number of hydrogen-bond donors (Lipinski definition) is 2. The highest BCUT2D eigenvalue weighted by Gasteiger charge is 2.21. The number of benzene rings is 1. The van der Waals surface area contributed by atoms with Crippen molar-refractivity contribution >= 4 is 11.7 Å². The normalized spacial score (nSPS) is 17.5. The molecule has 0 spiro atoms. The maximum absolute atomic E-state index is 11.9. The molecule has 2 aromatic rings. The molecule has 6 nitrogen and oxygen atoms in total. The maximum Gasteiger partial charge on any atom is 0.319 e. The quantitative estimate of drug-likeness (QED) is 0.886. The molecule has 3 rings (SSSR count). The van der Waals surface area contributed by atoms with Crippen LogP contribution in [0.2, 0.25) is 0 Å². The van der Waals surface area contributed by atoms with E-state index < -0.39 is 0 Å². The van der Waals surface area contributed by atoms with E-state index in [4.69, 9.17) is 4.74 Å². The van der Waals surface area contributed by atoms with Gasteiger partial charge < -0.3 is 20.3 Å². The standard InChI is InChI=1S/C18H22N4O2/c1-22-10-9-16(13-22)24-17-8-7-15(12-19-17)21-18(23)20-11-14-5-3-2-4-6-14/h2-8,12,16H,9-11,13H2,1H3,(H2,20,21,23). The first-order valence-corrected chi connectivity index (χ1v) is 8.09.